The fraction of sp³-hybridized carbons (Fsp3) is 0.909. The van der Waals surface area contributed by atoms with E-state index in [1.165, 1.54) is 0 Å². The quantitative estimate of drug-likeness (QED) is 0.724. The summed E-state index contributed by atoms with van der Waals surface area (Å²) in [6.07, 6.45) is 3.89. The summed E-state index contributed by atoms with van der Waals surface area (Å²) < 4.78 is 0. The number of carbonyl (C=O) groups excluding carboxylic acids is 1. The lowest BCUT2D eigenvalue weighted by Crippen LogP contribution is -2.39. The number of hydrogen-bond donors (Lipinski definition) is 2. The number of amides is 1. The van der Waals surface area contributed by atoms with Gasteiger partial charge in [0.05, 0.1) is 6.10 Å². The lowest BCUT2D eigenvalue weighted by molar-refractivity contribution is -0.124. The van der Waals surface area contributed by atoms with E-state index < -0.39 is 0 Å². The molecule has 3 nitrogen and oxygen atoms in total. The molecule has 0 spiro atoms. The van der Waals surface area contributed by atoms with Gasteiger partial charge in [-0.3, -0.25) is 4.79 Å². The number of aliphatic hydroxyl groups is 1. The van der Waals surface area contributed by atoms with Crippen molar-refractivity contribution in [2.24, 2.45) is 11.8 Å². The Bertz CT molecular complexity index is 211. The van der Waals surface area contributed by atoms with Crippen molar-refractivity contribution in [3.8, 4) is 0 Å². The van der Waals surface area contributed by atoms with E-state index in [9.17, 15) is 9.90 Å². The second-order valence-electron chi connectivity index (χ2n) is 4.41. The lowest BCUT2D eigenvalue weighted by Gasteiger charge is -2.27. The average molecular weight is 234 g/mol. The zero-order chi connectivity index (χ0) is 11.3. The molecule has 2 N–H and O–H groups in total. The van der Waals surface area contributed by atoms with Crippen LogP contribution in [0.1, 0.15) is 32.6 Å². The van der Waals surface area contributed by atoms with Crippen molar-refractivity contribution >= 4 is 17.5 Å². The maximum Gasteiger partial charge on any atom is 0.224 e. The molecule has 3 unspecified atom stereocenters. The standard InChI is InChI=1S/C11H20ClNO2/c1-8(6-12)11(15)13-7-9-4-2-3-5-10(9)14/h8-10,14H,2-7H2,1H3,(H,13,15). The molecule has 1 rings (SSSR count). The van der Waals surface area contributed by atoms with Gasteiger partial charge in [0.25, 0.3) is 0 Å². The zero-order valence-corrected chi connectivity index (χ0v) is 9.96. The van der Waals surface area contributed by atoms with E-state index in [-0.39, 0.29) is 23.8 Å². The third-order valence-electron chi connectivity index (χ3n) is 3.09. The molecule has 0 aromatic rings. The van der Waals surface area contributed by atoms with Crippen LogP contribution in [0.5, 0.6) is 0 Å². The summed E-state index contributed by atoms with van der Waals surface area (Å²) in [5.74, 6) is 0.416. The Balaban J connectivity index is 2.26. The molecule has 0 saturated heterocycles. The van der Waals surface area contributed by atoms with E-state index in [0.29, 0.717) is 12.4 Å². The van der Waals surface area contributed by atoms with Crippen LogP contribution >= 0.6 is 11.6 Å². The first-order valence-corrected chi connectivity index (χ1v) is 6.20. The number of rotatable bonds is 4. The Morgan fingerprint density at radius 2 is 2.20 bits per heavy atom. The summed E-state index contributed by atoms with van der Waals surface area (Å²) in [5, 5.41) is 12.6. The summed E-state index contributed by atoms with van der Waals surface area (Å²) in [4.78, 5) is 11.4. The summed E-state index contributed by atoms with van der Waals surface area (Å²) in [7, 11) is 0. The molecule has 0 aromatic carbocycles. The first-order chi connectivity index (χ1) is 7.15. The number of hydrogen-bond acceptors (Lipinski definition) is 2. The molecule has 1 fully saturated rings. The van der Waals surface area contributed by atoms with E-state index in [2.05, 4.69) is 5.32 Å². The summed E-state index contributed by atoms with van der Waals surface area (Å²) in [6.45, 7) is 2.39. The predicted molar refractivity (Wildman–Crippen MR) is 60.9 cm³/mol. The lowest BCUT2D eigenvalue weighted by atomic mass is 9.86. The maximum absolute atomic E-state index is 11.4. The largest absolute Gasteiger partial charge is 0.393 e. The van der Waals surface area contributed by atoms with Crippen molar-refractivity contribution in [3.05, 3.63) is 0 Å². The smallest absolute Gasteiger partial charge is 0.224 e. The van der Waals surface area contributed by atoms with Gasteiger partial charge in [0.1, 0.15) is 0 Å². The second-order valence-corrected chi connectivity index (χ2v) is 4.72. The monoisotopic (exact) mass is 233 g/mol. The Labute approximate surface area is 96.2 Å². The van der Waals surface area contributed by atoms with E-state index >= 15 is 0 Å². The van der Waals surface area contributed by atoms with Gasteiger partial charge in [0.2, 0.25) is 5.91 Å². The Morgan fingerprint density at radius 3 is 2.80 bits per heavy atom. The molecule has 0 radical (unpaired) electrons. The van der Waals surface area contributed by atoms with Crippen LogP contribution in [0.3, 0.4) is 0 Å². The molecular formula is C11H20ClNO2. The van der Waals surface area contributed by atoms with Gasteiger partial charge in [-0.15, -0.1) is 11.6 Å². The molecule has 1 amide bonds. The number of halogens is 1. The third kappa shape index (κ3) is 3.99. The highest BCUT2D eigenvalue weighted by molar-refractivity contribution is 6.19. The Kier molecular flexibility index (Phi) is 5.40. The molecule has 0 bridgehead atoms. The average Bonchev–Trinajstić information content (AvgIpc) is 2.26. The minimum absolute atomic E-state index is 0.0113. The number of nitrogens with one attached hydrogen (secondary N) is 1. The van der Waals surface area contributed by atoms with E-state index in [1.807, 2.05) is 0 Å². The molecule has 0 aliphatic heterocycles. The summed E-state index contributed by atoms with van der Waals surface area (Å²) in [6, 6.07) is 0. The highest BCUT2D eigenvalue weighted by atomic mass is 35.5. The highest BCUT2D eigenvalue weighted by Gasteiger charge is 2.23. The summed E-state index contributed by atoms with van der Waals surface area (Å²) >= 11 is 5.59. The van der Waals surface area contributed by atoms with Crippen LogP contribution in [0.2, 0.25) is 0 Å². The molecule has 1 aliphatic carbocycles. The number of carbonyl (C=O) groups is 1. The number of alkyl halides is 1. The van der Waals surface area contributed by atoms with Gasteiger partial charge in [-0.05, 0) is 12.8 Å². The molecule has 1 aliphatic rings. The minimum Gasteiger partial charge on any atom is -0.393 e. The molecule has 0 heterocycles. The van der Waals surface area contributed by atoms with Gasteiger partial charge in [-0.2, -0.15) is 0 Å². The molecule has 15 heavy (non-hydrogen) atoms. The molecular weight excluding hydrogens is 214 g/mol. The van der Waals surface area contributed by atoms with Crippen LogP contribution in [-0.4, -0.2) is 29.5 Å². The van der Waals surface area contributed by atoms with Crippen LogP contribution in [0.15, 0.2) is 0 Å². The Morgan fingerprint density at radius 1 is 1.53 bits per heavy atom. The first-order valence-electron chi connectivity index (χ1n) is 5.67. The summed E-state index contributed by atoms with van der Waals surface area (Å²) in [5.41, 5.74) is 0. The van der Waals surface area contributed by atoms with Crippen LogP contribution in [0.25, 0.3) is 0 Å². The molecule has 1 saturated carbocycles. The van der Waals surface area contributed by atoms with E-state index in [1.54, 1.807) is 6.92 Å². The molecule has 0 aromatic heterocycles. The molecule has 4 heteroatoms. The fourth-order valence-corrected chi connectivity index (χ4v) is 2.04. The van der Waals surface area contributed by atoms with Crippen molar-refractivity contribution in [1.82, 2.24) is 5.32 Å². The maximum atomic E-state index is 11.4. The van der Waals surface area contributed by atoms with Crippen molar-refractivity contribution in [3.63, 3.8) is 0 Å². The van der Waals surface area contributed by atoms with Crippen molar-refractivity contribution < 1.29 is 9.90 Å². The van der Waals surface area contributed by atoms with E-state index in [4.69, 9.17) is 11.6 Å². The van der Waals surface area contributed by atoms with Crippen molar-refractivity contribution in [2.75, 3.05) is 12.4 Å². The second kappa shape index (κ2) is 6.33. The van der Waals surface area contributed by atoms with Crippen LogP contribution in [0.4, 0.5) is 0 Å². The van der Waals surface area contributed by atoms with Gasteiger partial charge >= 0.3 is 0 Å². The van der Waals surface area contributed by atoms with Crippen LogP contribution < -0.4 is 5.32 Å². The Hall–Kier alpha value is -0.280. The predicted octanol–water partition coefficient (Wildman–Crippen LogP) is 1.53. The number of aliphatic hydroxyl groups excluding tert-OH is 1. The topological polar surface area (TPSA) is 49.3 Å². The SMILES string of the molecule is CC(CCl)C(=O)NCC1CCCCC1O. The highest BCUT2D eigenvalue weighted by Crippen LogP contribution is 2.23. The van der Waals surface area contributed by atoms with Gasteiger partial charge in [0.15, 0.2) is 0 Å². The van der Waals surface area contributed by atoms with Crippen molar-refractivity contribution in [1.29, 1.82) is 0 Å². The van der Waals surface area contributed by atoms with Gasteiger partial charge in [-0.25, -0.2) is 0 Å². The normalized spacial score (nSPS) is 28.5. The third-order valence-corrected chi connectivity index (χ3v) is 3.55. The molecule has 88 valence electrons. The van der Waals surface area contributed by atoms with Crippen LogP contribution in [-0.2, 0) is 4.79 Å². The zero-order valence-electron chi connectivity index (χ0n) is 9.21. The minimum atomic E-state index is -0.245. The van der Waals surface area contributed by atoms with E-state index in [0.717, 1.165) is 25.7 Å². The van der Waals surface area contributed by atoms with Gasteiger partial charge in [0, 0.05) is 24.3 Å². The van der Waals surface area contributed by atoms with Crippen LogP contribution in [0, 0.1) is 11.8 Å². The van der Waals surface area contributed by atoms with Crippen molar-refractivity contribution in [2.45, 2.75) is 38.7 Å². The van der Waals surface area contributed by atoms with Gasteiger partial charge in [-0.1, -0.05) is 19.8 Å². The first kappa shape index (κ1) is 12.8. The molecule has 3 atom stereocenters. The van der Waals surface area contributed by atoms with Gasteiger partial charge < -0.3 is 10.4 Å². The fourth-order valence-electron chi connectivity index (χ4n) is 1.90.